The van der Waals surface area contributed by atoms with Crippen LogP contribution in [0.5, 0.6) is 0 Å². The maximum atomic E-state index is 11.6. The number of nitrogens with one attached hydrogen (secondary N) is 3. The van der Waals surface area contributed by atoms with E-state index in [-0.39, 0.29) is 41.2 Å². The summed E-state index contributed by atoms with van der Waals surface area (Å²) < 4.78 is 0. The van der Waals surface area contributed by atoms with Crippen LogP contribution in [0.2, 0.25) is 5.02 Å². The number of rotatable bonds is 8. The Morgan fingerprint density at radius 1 is 1.23 bits per heavy atom. The van der Waals surface area contributed by atoms with Crippen LogP contribution >= 0.6 is 35.6 Å². The highest BCUT2D eigenvalue weighted by Gasteiger charge is 2.29. The van der Waals surface area contributed by atoms with Crippen LogP contribution in [0.25, 0.3) is 0 Å². The minimum atomic E-state index is -0.118. The topological polar surface area (TPSA) is 65.5 Å². The smallest absolute Gasteiger partial charge is 0.223 e. The highest BCUT2D eigenvalue weighted by molar-refractivity contribution is 14.0. The van der Waals surface area contributed by atoms with Gasteiger partial charge in [-0.3, -0.25) is 9.79 Å². The number of carbonyl (C=O) groups is 1. The third kappa shape index (κ3) is 7.70. The van der Waals surface area contributed by atoms with E-state index in [4.69, 9.17) is 16.6 Å². The van der Waals surface area contributed by atoms with Crippen molar-refractivity contribution in [2.45, 2.75) is 39.0 Å². The molecule has 146 valence electrons. The molecule has 7 heteroatoms. The zero-order valence-electron chi connectivity index (χ0n) is 15.8. The summed E-state index contributed by atoms with van der Waals surface area (Å²) in [6.07, 6.45) is 2.06. The fraction of sp³-hybridized carbons (Fsp3) is 0.579. The Hall–Kier alpha value is -1.02. The first-order valence-electron chi connectivity index (χ1n) is 8.98. The predicted octanol–water partition coefficient (Wildman–Crippen LogP) is 3.32. The largest absolute Gasteiger partial charge is 0.357 e. The van der Waals surface area contributed by atoms with E-state index in [1.54, 1.807) is 0 Å². The van der Waals surface area contributed by atoms with E-state index in [0.717, 1.165) is 35.9 Å². The lowest BCUT2D eigenvalue weighted by Gasteiger charge is -2.24. The lowest BCUT2D eigenvalue weighted by molar-refractivity contribution is -0.122. The van der Waals surface area contributed by atoms with Gasteiger partial charge in [-0.15, -0.1) is 24.0 Å². The minimum Gasteiger partial charge on any atom is -0.357 e. The van der Waals surface area contributed by atoms with Crippen molar-refractivity contribution < 1.29 is 4.79 Å². The number of nitrogens with zero attached hydrogens (tertiary/aromatic N) is 1. The standard InChI is InChI=1S/C19H29ClN4O.HI/c1-4-21-18(23-11-10-22-17(25)14-8-9-14)24-13-19(2,3)15-6-5-7-16(20)12-15;/h5-7,12,14H,4,8-11,13H2,1-3H3,(H,22,25)(H2,21,23,24);1H. The lowest BCUT2D eigenvalue weighted by atomic mass is 9.85. The van der Waals surface area contributed by atoms with E-state index in [9.17, 15) is 4.79 Å². The molecule has 26 heavy (non-hydrogen) atoms. The Labute approximate surface area is 178 Å². The second-order valence-corrected chi connectivity index (χ2v) is 7.52. The summed E-state index contributed by atoms with van der Waals surface area (Å²) in [4.78, 5) is 16.3. The van der Waals surface area contributed by atoms with E-state index in [1.807, 2.05) is 25.1 Å². The minimum absolute atomic E-state index is 0. The fourth-order valence-electron chi connectivity index (χ4n) is 2.48. The van der Waals surface area contributed by atoms with E-state index >= 15 is 0 Å². The molecule has 0 radical (unpaired) electrons. The van der Waals surface area contributed by atoms with Crippen molar-refractivity contribution in [3.63, 3.8) is 0 Å². The fourth-order valence-corrected chi connectivity index (χ4v) is 2.67. The number of halogens is 2. The summed E-state index contributed by atoms with van der Waals surface area (Å²) in [7, 11) is 0. The molecule has 0 aromatic heterocycles. The summed E-state index contributed by atoms with van der Waals surface area (Å²) in [5.74, 6) is 1.18. The molecule has 0 saturated heterocycles. The van der Waals surface area contributed by atoms with Gasteiger partial charge in [-0.2, -0.15) is 0 Å². The number of hydrogen-bond acceptors (Lipinski definition) is 2. The molecule has 1 aliphatic rings. The number of carbonyl (C=O) groups excluding carboxylic acids is 1. The predicted molar refractivity (Wildman–Crippen MR) is 120 cm³/mol. The molecule has 2 rings (SSSR count). The van der Waals surface area contributed by atoms with Gasteiger partial charge in [0.25, 0.3) is 0 Å². The van der Waals surface area contributed by atoms with Gasteiger partial charge < -0.3 is 16.0 Å². The van der Waals surface area contributed by atoms with Gasteiger partial charge in [0.15, 0.2) is 5.96 Å². The Morgan fingerprint density at radius 2 is 1.92 bits per heavy atom. The van der Waals surface area contributed by atoms with Crippen LogP contribution in [0.1, 0.15) is 39.2 Å². The molecule has 0 heterocycles. The highest BCUT2D eigenvalue weighted by Crippen LogP contribution is 2.28. The summed E-state index contributed by atoms with van der Waals surface area (Å²) in [6.45, 7) is 9.03. The van der Waals surface area contributed by atoms with Crippen molar-refractivity contribution in [2.24, 2.45) is 10.9 Å². The van der Waals surface area contributed by atoms with Crippen molar-refractivity contribution in [3.05, 3.63) is 34.9 Å². The van der Waals surface area contributed by atoms with Gasteiger partial charge in [0, 0.05) is 36.0 Å². The van der Waals surface area contributed by atoms with Gasteiger partial charge in [-0.25, -0.2) is 0 Å². The number of amides is 1. The molecule has 1 aromatic rings. The van der Waals surface area contributed by atoms with Crippen molar-refractivity contribution in [1.29, 1.82) is 0 Å². The first-order valence-corrected chi connectivity index (χ1v) is 9.36. The molecular formula is C19H30ClIN4O. The Bertz CT molecular complexity index is 617. The maximum Gasteiger partial charge on any atom is 0.223 e. The zero-order valence-corrected chi connectivity index (χ0v) is 18.9. The number of aliphatic imine (C=N–C) groups is 1. The first kappa shape index (κ1) is 23.0. The van der Waals surface area contributed by atoms with Crippen LogP contribution in [0, 0.1) is 5.92 Å². The van der Waals surface area contributed by atoms with Crippen LogP contribution in [-0.2, 0) is 10.2 Å². The number of hydrogen-bond donors (Lipinski definition) is 3. The van der Waals surface area contributed by atoms with Crippen molar-refractivity contribution in [1.82, 2.24) is 16.0 Å². The Morgan fingerprint density at radius 3 is 2.54 bits per heavy atom. The molecule has 1 fully saturated rings. The Balaban J connectivity index is 0.00000338. The van der Waals surface area contributed by atoms with Crippen molar-refractivity contribution in [3.8, 4) is 0 Å². The van der Waals surface area contributed by atoms with Crippen LogP contribution in [0.15, 0.2) is 29.3 Å². The van der Waals surface area contributed by atoms with E-state index in [2.05, 4.69) is 35.9 Å². The molecule has 1 amide bonds. The molecular weight excluding hydrogens is 463 g/mol. The van der Waals surface area contributed by atoms with Crippen molar-refractivity contribution in [2.75, 3.05) is 26.2 Å². The van der Waals surface area contributed by atoms with Gasteiger partial charge >= 0.3 is 0 Å². The van der Waals surface area contributed by atoms with E-state index in [0.29, 0.717) is 19.6 Å². The molecule has 0 unspecified atom stereocenters. The average Bonchev–Trinajstić information content (AvgIpc) is 3.41. The van der Waals surface area contributed by atoms with Crippen LogP contribution in [0.4, 0.5) is 0 Å². The number of guanidine groups is 1. The van der Waals surface area contributed by atoms with Crippen LogP contribution < -0.4 is 16.0 Å². The monoisotopic (exact) mass is 492 g/mol. The Kier molecular flexibility index (Phi) is 9.71. The molecule has 3 N–H and O–H groups in total. The second kappa shape index (κ2) is 11.0. The first-order chi connectivity index (χ1) is 11.9. The van der Waals surface area contributed by atoms with E-state index in [1.165, 1.54) is 0 Å². The number of benzene rings is 1. The average molecular weight is 493 g/mol. The lowest BCUT2D eigenvalue weighted by Crippen LogP contribution is -2.42. The molecule has 1 aromatic carbocycles. The summed E-state index contributed by atoms with van der Waals surface area (Å²) >= 11 is 6.10. The highest BCUT2D eigenvalue weighted by atomic mass is 127. The molecule has 0 bridgehead atoms. The van der Waals surface area contributed by atoms with Crippen LogP contribution in [0.3, 0.4) is 0 Å². The molecule has 0 aliphatic heterocycles. The summed E-state index contributed by atoms with van der Waals surface area (Å²) in [5.41, 5.74) is 1.05. The van der Waals surface area contributed by atoms with Crippen molar-refractivity contribution >= 4 is 47.4 Å². The summed E-state index contributed by atoms with van der Waals surface area (Å²) in [5, 5.41) is 10.2. The molecule has 5 nitrogen and oxygen atoms in total. The molecule has 1 saturated carbocycles. The van der Waals surface area contributed by atoms with Gasteiger partial charge in [0.2, 0.25) is 5.91 Å². The normalized spacial score (nSPS) is 14.4. The van der Waals surface area contributed by atoms with Gasteiger partial charge in [-0.05, 0) is 37.5 Å². The van der Waals surface area contributed by atoms with Gasteiger partial charge in [0.05, 0.1) is 6.54 Å². The molecule has 0 atom stereocenters. The zero-order chi connectivity index (χ0) is 18.3. The third-order valence-corrected chi connectivity index (χ3v) is 4.48. The van der Waals surface area contributed by atoms with Crippen LogP contribution in [-0.4, -0.2) is 38.0 Å². The molecule has 1 aliphatic carbocycles. The third-order valence-electron chi connectivity index (χ3n) is 4.25. The maximum absolute atomic E-state index is 11.6. The van der Waals surface area contributed by atoms with Gasteiger partial charge in [-0.1, -0.05) is 37.6 Å². The SMILES string of the molecule is CCNC(=NCC(C)(C)c1cccc(Cl)c1)NCCNC(=O)C1CC1.I. The second-order valence-electron chi connectivity index (χ2n) is 7.08. The van der Waals surface area contributed by atoms with E-state index < -0.39 is 0 Å². The summed E-state index contributed by atoms with van der Waals surface area (Å²) in [6, 6.07) is 7.92. The molecule has 0 spiro atoms. The quantitative estimate of drug-likeness (QED) is 0.226. The van der Waals surface area contributed by atoms with Gasteiger partial charge in [0.1, 0.15) is 0 Å².